The second-order valence-corrected chi connectivity index (χ2v) is 6.53. The summed E-state index contributed by atoms with van der Waals surface area (Å²) in [5.41, 5.74) is 7.75. The van der Waals surface area contributed by atoms with Crippen LogP contribution >= 0.6 is 12.2 Å². The van der Waals surface area contributed by atoms with E-state index in [-0.39, 0.29) is 12.0 Å². The van der Waals surface area contributed by atoms with Crippen molar-refractivity contribution in [1.29, 1.82) is 0 Å². The molecular weight excluding hydrogens is 362 g/mol. The van der Waals surface area contributed by atoms with Gasteiger partial charge in [-0.05, 0) is 68.4 Å². The molecule has 0 spiro atoms. The molecule has 0 atom stereocenters. The van der Waals surface area contributed by atoms with Crippen LogP contribution in [0.15, 0.2) is 42.5 Å². The van der Waals surface area contributed by atoms with Gasteiger partial charge in [0.2, 0.25) is 0 Å². The number of benzene rings is 2. The van der Waals surface area contributed by atoms with Gasteiger partial charge in [0, 0.05) is 11.3 Å². The van der Waals surface area contributed by atoms with Crippen LogP contribution in [0.5, 0.6) is 11.5 Å². The number of hydrazine groups is 1. The van der Waals surface area contributed by atoms with Crippen molar-refractivity contribution in [2.75, 3.05) is 12.4 Å². The predicted molar refractivity (Wildman–Crippen MR) is 111 cm³/mol. The van der Waals surface area contributed by atoms with Gasteiger partial charge in [0.25, 0.3) is 5.91 Å². The van der Waals surface area contributed by atoms with E-state index in [1.807, 2.05) is 38.1 Å². The van der Waals surface area contributed by atoms with Crippen LogP contribution in [-0.4, -0.2) is 24.2 Å². The number of carbonyl (C=O) groups is 1. The first-order valence-corrected chi connectivity index (χ1v) is 9.14. The van der Waals surface area contributed by atoms with Crippen LogP contribution in [0.2, 0.25) is 0 Å². The smallest absolute Gasteiger partial charge is 0.269 e. The van der Waals surface area contributed by atoms with Crippen molar-refractivity contribution in [1.82, 2.24) is 10.9 Å². The molecule has 0 heterocycles. The molecule has 2 aromatic carbocycles. The lowest BCUT2D eigenvalue weighted by Gasteiger charge is -2.15. The van der Waals surface area contributed by atoms with Crippen LogP contribution in [-0.2, 0) is 6.42 Å². The largest absolute Gasteiger partial charge is 0.493 e. The van der Waals surface area contributed by atoms with Gasteiger partial charge in [0.15, 0.2) is 16.6 Å². The summed E-state index contributed by atoms with van der Waals surface area (Å²) in [6.07, 6.45) is 0.944. The highest BCUT2D eigenvalue weighted by Gasteiger charge is 2.12. The van der Waals surface area contributed by atoms with Crippen LogP contribution in [0.3, 0.4) is 0 Å². The molecule has 0 aliphatic heterocycles. The van der Waals surface area contributed by atoms with Crippen molar-refractivity contribution in [3.8, 4) is 11.5 Å². The summed E-state index contributed by atoms with van der Waals surface area (Å²) in [6.45, 7) is 5.93. The van der Waals surface area contributed by atoms with Crippen molar-refractivity contribution in [3.05, 3.63) is 53.6 Å². The first-order valence-electron chi connectivity index (χ1n) is 8.74. The maximum absolute atomic E-state index is 12.3. The lowest BCUT2D eigenvalue weighted by molar-refractivity contribution is 0.0943. The van der Waals surface area contributed by atoms with Crippen molar-refractivity contribution in [2.24, 2.45) is 0 Å². The summed E-state index contributed by atoms with van der Waals surface area (Å²) in [6, 6.07) is 12.9. The molecule has 0 bridgehead atoms. The molecular formula is C20H25N3O3S. The second-order valence-electron chi connectivity index (χ2n) is 6.12. The summed E-state index contributed by atoms with van der Waals surface area (Å²) >= 11 is 5.22. The summed E-state index contributed by atoms with van der Waals surface area (Å²) in [5, 5.41) is 3.33. The maximum Gasteiger partial charge on any atom is 0.269 e. The van der Waals surface area contributed by atoms with Crippen LogP contribution in [0.4, 0.5) is 5.69 Å². The van der Waals surface area contributed by atoms with Crippen LogP contribution in [0.1, 0.15) is 36.7 Å². The minimum atomic E-state index is -0.337. The van der Waals surface area contributed by atoms with E-state index in [0.29, 0.717) is 22.2 Å². The number of aryl methyl sites for hydroxylation is 1. The van der Waals surface area contributed by atoms with Crippen molar-refractivity contribution >= 4 is 28.9 Å². The number of hydrogen-bond acceptors (Lipinski definition) is 4. The number of anilines is 1. The van der Waals surface area contributed by atoms with Gasteiger partial charge >= 0.3 is 0 Å². The van der Waals surface area contributed by atoms with E-state index in [9.17, 15) is 4.79 Å². The first kappa shape index (κ1) is 20.5. The van der Waals surface area contributed by atoms with E-state index in [1.165, 1.54) is 12.7 Å². The normalized spacial score (nSPS) is 10.3. The van der Waals surface area contributed by atoms with Crippen LogP contribution in [0, 0.1) is 0 Å². The highest BCUT2D eigenvalue weighted by molar-refractivity contribution is 7.80. The molecule has 0 fully saturated rings. The number of hydrogen-bond donors (Lipinski definition) is 3. The van der Waals surface area contributed by atoms with Gasteiger partial charge in [0.1, 0.15) is 0 Å². The molecule has 0 aromatic heterocycles. The maximum atomic E-state index is 12.3. The molecule has 2 rings (SSSR count). The minimum absolute atomic E-state index is 0.00917. The predicted octanol–water partition coefficient (Wildman–Crippen LogP) is 3.68. The standard InChI is InChI=1S/C20H25N3O3S/c1-5-14-7-6-8-16(11-14)21-20(27)23-22-19(24)15-9-10-17(26-13(2)3)18(12-15)25-4/h6-13H,5H2,1-4H3,(H,22,24)(H2,21,23,27). The van der Waals surface area contributed by atoms with Gasteiger partial charge in [0.05, 0.1) is 13.2 Å². The number of carbonyl (C=O) groups excluding carboxylic acids is 1. The molecule has 0 unspecified atom stereocenters. The monoisotopic (exact) mass is 387 g/mol. The fraction of sp³-hybridized carbons (Fsp3) is 0.300. The summed E-state index contributed by atoms with van der Waals surface area (Å²) in [7, 11) is 1.53. The zero-order chi connectivity index (χ0) is 19.8. The third kappa shape index (κ3) is 6.14. The van der Waals surface area contributed by atoms with E-state index in [4.69, 9.17) is 21.7 Å². The van der Waals surface area contributed by atoms with Crippen LogP contribution in [0.25, 0.3) is 0 Å². The van der Waals surface area contributed by atoms with E-state index >= 15 is 0 Å². The van der Waals surface area contributed by atoms with Crippen LogP contribution < -0.4 is 25.6 Å². The summed E-state index contributed by atoms with van der Waals surface area (Å²) < 4.78 is 11.0. The topological polar surface area (TPSA) is 71.6 Å². The number of rotatable bonds is 6. The Hall–Kier alpha value is -2.80. The molecule has 0 saturated carbocycles. The van der Waals surface area contributed by atoms with Crippen molar-refractivity contribution in [2.45, 2.75) is 33.3 Å². The molecule has 3 N–H and O–H groups in total. The Morgan fingerprint density at radius 3 is 2.56 bits per heavy atom. The van der Waals surface area contributed by atoms with Crippen molar-refractivity contribution < 1.29 is 14.3 Å². The Morgan fingerprint density at radius 2 is 1.89 bits per heavy atom. The molecule has 1 amide bonds. The molecule has 144 valence electrons. The minimum Gasteiger partial charge on any atom is -0.493 e. The first-order chi connectivity index (χ1) is 12.9. The van der Waals surface area contributed by atoms with Crippen molar-refractivity contribution in [3.63, 3.8) is 0 Å². The van der Waals surface area contributed by atoms with Gasteiger partial charge in [-0.3, -0.25) is 15.6 Å². The second kappa shape index (κ2) is 9.78. The van der Waals surface area contributed by atoms with E-state index in [2.05, 4.69) is 23.1 Å². The molecule has 0 radical (unpaired) electrons. The Labute approximate surface area is 165 Å². The SMILES string of the molecule is CCc1cccc(NC(=S)NNC(=O)c2ccc(OC(C)C)c(OC)c2)c1. The van der Waals surface area contributed by atoms with E-state index < -0.39 is 0 Å². The van der Waals surface area contributed by atoms with Gasteiger partial charge in [-0.25, -0.2) is 0 Å². The third-order valence-electron chi connectivity index (χ3n) is 3.67. The lowest BCUT2D eigenvalue weighted by Crippen LogP contribution is -2.43. The average molecular weight is 388 g/mol. The molecule has 0 aliphatic carbocycles. The zero-order valence-electron chi connectivity index (χ0n) is 16.0. The fourth-order valence-corrected chi connectivity index (χ4v) is 2.55. The molecule has 7 heteroatoms. The third-order valence-corrected chi connectivity index (χ3v) is 3.88. The Morgan fingerprint density at radius 1 is 1.11 bits per heavy atom. The number of amides is 1. The van der Waals surface area contributed by atoms with E-state index in [1.54, 1.807) is 18.2 Å². The number of thiocarbonyl (C=S) groups is 1. The molecule has 0 saturated heterocycles. The van der Waals surface area contributed by atoms with E-state index in [0.717, 1.165) is 12.1 Å². The molecule has 6 nitrogen and oxygen atoms in total. The quantitative estimate of drug-likeness (QED) is 0.519. The Balaban J connectivity index is 1.95. The number of methoxy groups -OCH3 is 1. The molecule has 2 aromatic rings. The number of nitrogens with one attached hydrogen (secondary N) is 3. The average Bonchev–Trinajstić information content (AvgIpc) is 2.66. The summed E-state index contributed by atoms with van der Waals surface area (Å²) in [5.74, 6) is 0.745. The van der Waals surface area contributed by atoms with Gasteiger partial charge in [-0.15, -0.1) is 0 Å². The van der Waals surface area contributed by atoms with Gasteiger partial charge in [-0.2, -0.15) is 0 Å². The van der Waals surface area contributed by atoms with Gasteiger partial charge < -0.3 is 14.8 Å². The fourth-order valence-electron chi connectivity index (χ4n) is 2.38. The highest BCUT2D eigenvalue weighted by Crippen LogP contribution is 2.28. The Bertz CT molecular complexity index is 809. The number of ether oxygens (including phenoxy) is 2. The zero-order valence-corrected chi connectivity index (χ0v) is 16.8. The lowest BCUT2D eigenvalue weighted by atomic mass is 10.1. The molecule has 27 heavy (non-hydrogen) atoms. The molecule has 0 aliphatic rings. The highest BCUT2D eigenvalue weighted by atomic mass is 32.1. The van der Waals surface area contributed by atoms with Gasteiger partial charge in [-0.1, -0.05) is 19.1 Å². The summed E-state index contributed by atoms with van der Waals surface area (Å²) in [4.78, 5) is 12.3. The Kier molecular flexibility index (Phi) is 7.43.